The van der Waals surface area contributed by atoms with Crippen molar-refractivity contribution in [1.29, 1.82) is 0 Å². The van der Waals surface area contributed by atoms with E-state index < -0.39 is 5.91 Å². The van der Waals surface area contributed by atoms with Crippen LogP contribution in [0.5, 0.6) is 5.75 Å². The van der Waals surface area contributed by atoms with Gasteiger partial charge in [-0.1, -0.05) is 53.2 Å². The molecule has 0 fully saturated rings. The van der Waals surface area contributed by atoms with Crippen LogP contribution in [-0.4, -0.2) is 25.8 Å². The van der Waals surface area contributed by atoms with Crippen molar-refractivity contribution < 1.29 is 14.1 Å². The van der Waals surface area contributed by atoms with E-state index in [2.05, 4.69) is 20.6 Å². The van der Waals surface area contributed by atoms with Gasteiger partial charge in [0.1, 0.15) is 24.4 Å². The molecular formula is C22H21N5O3. The molecule has 0 saturated carbocycles. The summed E-state index contributed by atoms with van der Waals surface area (Å²) in [5.74, 6) is 0.962. The third kappa shape index (κ3) is 4.54. The Labute approximate surface area is 173 Å². The molecule has 2 aromatic heterocycles. The Bertz CT molecular complexity index is 1130. The summed E-state index contributed by atoms with van der Waals surface area (Å²) in [6.07, 6.45) is 1.57. The van der Waals surface area contributed by atoms with E-state index in [0.717, 1.165) is 5.56 Å². The van der Waals surface area contributed by atoms with E-state index in [1.165, 1.54) is 5.56 Å². The minimum Gasteiger partial charge on any atom is -0.489 e. The lowest BCUT2D eigenvalue weighted by Crippen LogP contribution is -2.16. The van der Waals surface area contributed by atoms with Crippen molar-refractivity contribution in [3.8, 4) is 5.75 Å². The van der Waals surface area contributed by atoms with E-state index in [1.54, 1.807) is 17.9 Å². The largest absolute Gasteiger partial charge is 0.489 e. The average Bonchev–Trinajstić information content (AvgIpc) is 3.35. The molecule has 0 aliphatic carbocycles. The first-order valence-electron chi connectivity index (χ1n) is 9.48. The second-order valence-corrected chi connectivity index (χ2v) is 6.87. The van der Waals surface area contributed by atoms with Crippen molar-refractivity contribution in [2.45, 2.75) is 27.0 Å². The van der Waals surface area contributed by atoms with Gasteiger partial charge < -0.3 is 9.26 Å². The summed E-state index contributed by atoms with van der Waals surface area (Å²) in [5, 5.41) is 10.9. The SMILES string of the molecule is Cc1ccc(Cn2cnc(NC(=O)c3noc(C)c3COc3ccccc3)n2)cc1. The van der Waals surface area contributed by atoms with Gasteiger partial charge in [0.2, 0.25) is 5.95 Å². The van der Waals surface area contributed by atoms with Crippen molar-refractivity contribution in [2.75, 3.05) is 5.32 Å². The zero-order valence-corrected chi connectivity index (χ0v) is 16.7. The second kappa shape index (κ2) is 8.60. The highest BCUT2D eigenvalue weighted by Crippen LogP contribution is 2.18. The van der Waals surface area contributed by atoms with Gasteiger partial charge in [0.15, 0.2) is 5.69 Å². The fraction of sp³-hybridized carbons (Fsp3) is 0.182. The first kappa shape index (κ1) is 19.4. The molecule has 0 saturated heterocycles. The summed E-state index contributed by atoms with van der Waals surface area (Å²) in [7, 11) is 0. The average molecular weight is 403 g/mol. The molecule has 2 aromatic carbocycles. The normalized spacial score (nSPS) is 10.7. The van der Waals surface area contributed by atoms with Gasteiger partial charge in [-0.3, -0.25) is 10.1 Å². The molecule has 1 N–H and O–H groups in total. The predicted molar refractivity (Wildman–Crippen MR) is 110 cm³/mol. The van der Waals surface area contributed by atoms with Gasteiger partial charge in [-0.25, -0.2) is 9.67 Å². The predicted octanol–water partition coefficient (Wildman–Crippen LogP) is 3.76. The van der Waals surface area contributed by atoms with Crippen LogP contribution in [0.1, 0.15) is 32.9 Å². The monoisotopic (exact) mass is 403 g/mol. The zero-order chi connectivity index (χ0) is 20.9. The van der Waals surface area contributed by atoms with Crippen LogP contribution in [0.25, 0.3) is 0 Å². The number of benzene rings is 2. The second-order valence-electron chi connectivity index (χ2n) is 6.87. The van der Waals surface area contributed by atoms with E-state index in [9.17, 15) is 4.79 Å². The molecule has 0 atom stereocenters. The van der Waals surface area contributed by atoms with Crippen molar-refractivity contribution in [2.24, 2.45) is 0 Å². The molecule has 0 spiro atoms. The quantitative estimate of drug-likeness (QED) is 0.505. The van der Waals surface area contributed by atoms with Crippen LogP contribution in [0.4, 0.5) is 5.95 Å². The van der Waals surface area contributed by atoms with Crippen LogP contribution < -0.4 is 10.1 Å². The number of nitrogens with one attached hydrogen (secondary N) is 1. The topological polar surface area (TPSA) is 95.1 Å². The number of hydrogen-bond acceptors (Lipinski definition) is 6. The number of aryl methyl sites for hydroxylation is 2. The zero-order valence-electron chi connectivity index (χ0n) is 16.7. The van der Waals surface area contributed by atoms with Crippen molar-refractivity contribution in [3.05, 3.63) is 89.1 Å². The maximum Gasteiger partial charge on any atom is 0.280 e. The summed E-state index contributed by atoms with van der Waals surface area (Å²) in [5.41, 5.74) is 3.02. The van der Waals surface area contributed by atoms with E-state index in [0.29, 0.717) is 23.6 Å². The fourth-order valence-electron chi connectivity index (χ4n) is 2.88. The minimum absolute atomic E-state index is 0.151. The van der Waals surface area contributed by atoms with E-state index in [-0.39, 0.29) is 18.2 Å². The number of rotatable bonds is 7. The van der Waals surface area contributed by atoms with Crippen molar-refractivity contribution in [3.63, 3.8) is 0 Å². The lowest BCUT2D eigenvalue weighted by atomic mass is 10.1. The Morgan fingerprint density at radius 1 is 1.10 bits per heavy atom. The maximum absolute atomic E-state index is 12.7. The highest BCUT2D eigenvalue weighted by molar-refractivity contribution is 6.02. The van der Waals surface area contributed by atoms with Gasteiger partial charge in [-0.15, -0.1) is 5.10 Å². The molecule has 0 bridgehead atoms. The van der Waals surface area contributed by atoms with Gasteiger partial charge in [0.25, 0.3) is 5.91 Å². The van der Waals surface area contributed by atoms with Gasteiger partial charge in [0, 0.05) is 0 Å². The van der Waals surface area contributed by atoms with Crippen LogP contribution in [0, 0.1) is 13.8 Å². The number of hydrogen-bond donors (Lipinski definition) is 1. The number of aromatic nitrogens is 4. The van der Waals surface area contributed by atoms with Crippen LogP contribution in [0.3, 0.4) is 0 Å². The number of para-hydroxylation sites is 1. The third-order valence-corrected chi connectivity index (χ3v) is 4.55. The number of nitrogens with zero attached hydrogens (tertiary/aromatic N) is 4. The summed E-state index contributed by atoms with van der Waals surface area (Å²) in [6, 6.07) is 17.5. The van der Waals surface area contributed by atoms with Gasteiger partial charge >= 0.3 is 0 Å². The molecule has 152 valence electrons. The van der Waals surface area contributed by atoms with Gasteiger partial charge in [-0.2, -0.15) is 0 Å². The van der Waals surface area contributed by atoms with Crippen molar-refractivity contribution >= 4 is 11.9 Å². The third-order valence-electron chi connectivity index (χ3n) is 4.55. The highest BCUT2D eigenvalue weighted by atomic mass is 16.5. The van der Waals surface area contributed by atoms with E-state index in [1.807, 2.05) is 61.5 Å². The van der Waals surface area contributed by atoms with Crippen molar-refractivity contribution in [1.82, 2.24) is 19.9 Å². The Morgan fingerprint density at radius 3 is 2.63 bits per heavy atom. The molecular weight excluding hydrogens is 382 g/mol. The smallest absolute Gasteiger partial charge is 0.280 e. The first-order chi connectivity index (χ1) is 14.6. The molecule has 1 amide bonds. The number of carbonyl (C=O) groups excluding carboxylic acids is 1. The molecule has 8 nitrogen and oxygen atoms in total. The van der Waals surface area contributed by atoms with Crippen LogP contribution >= 0.6 is 0 Å². The molecule has 2 heterocycles. The lowest BCUT2D eigenvalue weighted by Gasteiger charge is -2.06. The van der Waals surface area contributed by atoms with Gasteiger partial charge in [-0.05, 0) is 31.5 Å². The first-order valence-corrected chi connectivity index (χ1v) is 9.48. The standard InChI is InChI=1S/C22H21N5O3/c1-15-8-10-17(11-9-15)12-27-14-23-22(25-27)24-21(28)20-19(16(2)30-26-20)13-29-18-6-4-3-5-7-18/h3-11,14H,12-13H2,1-2H3,(H,24,25,28). The molecule has 0 aliphatic rings. The Kier molecular flexibility index (Phi) is 5.56. The summed E-state index contributed by atoms with van der Waals surface area (Å²) in [4.78, 5) is 16.8. The van der Waals surface area contributed by atoms with E-state index in [4.69, 9.17) is 9.26 Å². The Hall–Kier alpha value is -3.94. The molecule has 30 heavy (non-hydrogen) atoms. The fourth-order valence-corrected chi connectivity index (χ4v) is 2.88. The summed E-state index contributed by atoms with van der Waals surface area (Å²) >= 11 is 0. The number of ether oxygens (including phenoxy) is 1. The molecule has 4 aromatic rings. The number of carbonyl (C=O) groups is 1. The molecule has 8 heteroatoms. The molecule has 4 rings (SSSR count). The van der Waals surface area contributed by atoms with Crippen LogP contribution in [0.15, 0.2) is 65.4 Å². The summed E-state index contributed by atoms with van der Waals surface area (Å²) < 4.78 is 12.6. The number of anilines is 1. The highest BCUT2D eigenvalue weighted by Gasteiger charge is 2.21. The lowest BCUT2D eigenvalue weighted by molar-refractivity contribution is 0.101. The van der Waals surface area contributed by atoms with E-state index >= 15 is 0 Å². The van der Waals surface area contributed by atoms with Crippen LogP contribution in [-0.2, 0) is 13.2 Å². The Balaban J connectivity index is 1.42. The maximum atomic E-state index is 12.7. The Morgan fingerprint density at radius 2 is 1.87 bits per heavy atom. The minimum atomic E-state index is -0.452. The number of amides is 1. The summed E-state index contributed by atoms with van der Waals surface area (Å²) in [6.45, 7) is 4.50. The molecule has 0 radical (unpaired) electrons. The van der Waals surface area contributed by atoms with Gasteiger partial charge in [0.05, 0.1) is 12.1 Å². The molecule has 0 aliphatic heterocycles. The van der Waals surface area contributed by atoms with Crippen LogP contribution in [0.2, 0.25) is 0 Å². The molecule has 0 unspecified atom stereocenters.